The Balaban J connectivity index is 1.70. The second kappa shape index (κ2) is 10.3. The van der Waals surface area contributed by atoms with Crippen molar-refractivity contribution in [2.24, 2.45) is 5.73 Å². The average Bonchev–Trinajstić information content (AvgIpc) is 3.20. The van der Waals surface area contributed by atoms with Crippen molar-refractivity contribution >= 4 is 23.6 Å². The monoisotopic (exact) mass is 434 g/mol. The Kier molecular flexibility index (Phi) is 7.28. The highest BCUT2D eigenvalue weighted by molar-refractivity contribution is 6.06. The van der Waals surface area contributed by atoms with Crippen LogP contribution in [-0.4, -0.2) is 28.7 Å². The van der Waals surface area contributed by atoms with Crippen LogP contribution >= 0.6 is 0 Å². The zero-order chi connectivity index (χ0) is 23.1. The molecule has 0 aliphatic carbocycles. The van der Waals surface area contributed by atoms with Crippen LogP contribution in [0.4, 0.5) is 5.69 Å². The lowest BCUT2D eigenvalue weighted by atomic mass is 10.1. The zero-order valence-electron chi connectivity index (χ0n) is 18.3. The van der Waals surface area contributed by atoms with Crippen LogP contribution in [0.5, 0.6) is 11.5 Å². The molecule has 1 aromatic heterocycles. The lowest BCUT2D eigenvalue weighted by molar-refractivity contribution is -0.111. The standard InChI is InChI=1S/C24H26N4O4/c1-4-28-14-20(23(27-28)24(25)30)26-22(29)12-8-17-7-11-21(31-3)18(13-17)15-32-19-9-5-16(2)6-10-19/h5-14H,4,15H2,1-3H3,(H2,25,30)(H,26,29)/b12-8+. The van der Waals surface area contributed by atoms with E-state index in [1.807, 2.05) is 56.3 Å². The second-order valence-electron chi connectivity index (χ2n) is 7.11. The van der Waals surface area contributed by atoms with Gasteiger partial charge in [0.25, 0.3) is 5.91 Å². The van der Waals surface area contributed by atoms with Gasteiger partial charge in [0, 0.05) is 24.4 Å². The first-order valence-corrected chi connectivity index (χ1v) is 10.1. The fraction of sp³-hybridized carbons (Fsp3) is 0.208. The number of anilines is 1. The van der Waals surface area contributed by atoms with Crippen LogP contribution in [0.3, 0.4) is 0 Å². The van der Waals surface area contributed by atoms with Gasteiger partial charge < -0.3 is 20.5 Å². The van der Waals surface area contributed by atoms with Gasteiger partial charge >= 0.3 is 0 Å². The molecule has 2 amide bonds. The summed E-state index contributed by atoms with van der Waals surface area (Å²) in [7, 11) is 1.60. The third-order valence-corrected chi connectivity index (χ3v) is 4.72. The molecule has 0 aliphatic heterocycles. The lowest BCUT2D eigenvalue weighted by Gasteiger charge is -2.11. The summed E-state index contributed by atoms with van der Waals surface area (Å²) in [5.74, 6) is 0.342. The summed E-state index contributed by atoms with van der Waals surface area (Å²) in [6.45, 7) is 4.75. The number of aromatic nitrogens is 2. The molecule has 0 unspecified atom stereocenters. The van der Waals surface area contributed by atoms with Gasteiger partial charge in [-0.1, -0.05) is 23.8 Å². The predicted molar refractivity (Wildman–Crippen MR) is 123 cm³/mol. The lowest BCUT2D eigenvalue weighted by Crippen LogP contribution is -2.16. The van der Waals surface area contributed by atoms with Gasteiger partial charge in [-0.25, -0.2) is 0 Å². The predicted octanol–water partition coefficient (Wildman–Crippen LogP) is 3.55. The maximum atomic E-state index is 12.4. The smallest absolute Gasteiger partial charge is 0.271 e. The molecular weight excluding hydrogens is 408 g/mol. The molecule has 3 N–H and O–H groups in total. The van der Waals surface area contributed by atoms with Crippen molar-refractivity contribution in [3.8, 4) is 11.5 Å². The molecule has 8 nitrogen and oxygen atoms in total. The van der Waals surface area contributed by atoms with Crippen LogP contribution < -0.4 is 20.5 Å². The maximum absolute atomic E-state index is 12.4. The highest BCUT2D eigenvalue weighted by Crippen LogP contribution is 2.23. The van der Waals surface area contributed by atoms with Crippen LogP contribution in [0.25, 0.3) is 6.08 Å². The molecular formula is C24H26N4O4. The Morgan fingerprint density at radius 3 is 2.59 bits per heavy atom. The third kappa shape index (κ3) is 5.75. The number of aryl methyl sites for hydroxylation is 2. The molecule has 0 aliphatic rings. The van der Waals surface area contributed by atoms with Crippen LogP contribution in [0.1, 0.15) is 34.1 Å². The SMILES string of the molecule is CCn1cc(NC(=O)/C=C/c2ccc(OC)c(COc3ccc(C)cc3)c2)c(C(N)=O)n1. The Bertz CT molecular complexity index is 1130. The van der Waals surface area contributed by atoms with E-state index in [1.54, 1.807) is 19.4 Å². The van der Waals surface area contributed by atoms with E-state index in [2.05, 4.69) is 10.4 Å². The fourth-order valence-corrected chi connectivity index (χ4v) is 3.01. The van der Waals surface area contributed by atoms with Crippen LogP contribution in [0.15, 0.2) is 54.7 Å². The van der Waals surface area contributed by atoms with E-state index >= 15 is 0 Å². The van der Waals surface area contributed by atoms with Gasteiger partial charge in [-0.05, 0) is 49.8 Å². The summed E-state index contributed by atoms with van der Waals surface area (Å²) in [5, 5.41) is 6.70. The van der Waals surface area contributed by atoms with E-state index in [0.717, 1.165) is 22.4 Å². The number of nitrogens with one attached hydrogen (secondary N) is 1. The minimum atomic E-state index is -0.704. The number of hydrogen-bond donors (Lipinski definition) is 2. The third-order valence-electron chi connectivity index (χ3n) is 4.72. The molecule has 0 radical (unpaired) electrons. The van der Waals surface area contributed by atoms with Crippen LogP contribution in [-0.2, 0) is 17.9 Å². The van der Waals surface area contributed by atoms with Gasteiger partial charge in [-0.15, -0.1) is 0 Å². The summed E-state index contributed by atoms with van der Waals surface area (Å²) >= 11 is 0. The maximum Gasteiger partial charge on any atom is 0.271 e. The molecule has 0 bridgehead atoms. The Morgan fingerprint density at radius 1 is 1.19 bits per heavy atom. The van der Waals surface area contributed by atoms with E-state index in [-0.39, 0.29) is 11.4 Å². The number of nitrogens with zero attached hydrogens (tertiary/aromatic N) is 2. The highest BCUT2D eigenvalue weighted by atomic mass is 16.5. The van der Waals surface area contributed by atoms with Crippen molar-refractivity contribution in [1.29, 1.82) is 0 Å². The molecule has 8 heteroatoms. The number of hydrogen-bond acceptors (Lipinski definition) is 5. The number of amides is 2. The van der Waals surface area contributed by atoms with E-state index in [9.17, 15) is 9.59 Å². The van der Waals surface area contributed by atoms with Gasteiger partial charge in [-0.3, -0.25) is 14.3 Å². The number of benzene rings is 2. The minimum Gasteiger partial charge on any atom is -0.496 e. The van der Waals surface area contributed by atoms with Crippen LogP contribution in [0.2, 0.25) is 0 Å². The Labute approximate surface area is 186 Å². The van der Waals surface area contributed by atoms with Gasteiger partial charge in [0.15, 0.2) is 5.69 Å². The molecule has 32 heavy (non-hydrogen) atoms. The average molecular weight is 434 g/mol. The summed E-state index contributed by atoms with van der Waals surface area (Å²) in [6, 6.07) is 13.3. The van der Waals surface area contributed by atoms with Crippen molar-refractivity contribution < 1.29 is 19.1 Å². The minimum absolute atomic E-state index is 0.0218. The first kappa shape index (κ1) is 22.6. The number of ether oxygens (including phenoxy) is 2. The number of carbonyl (C=O) groups is 2. The largest absolute Gasteiger partial charge is 0.496 e. The van der Waals surface area contributed by atoms with E-state index in [1.165, 1.54) is 10.8 Å². The molecule has 3 rings (SSSR count). The van der Waals surface area contributed by atoms with E-state index < -0.39 is 11.8 Å². The Hall–Kier alpha value is -4.07. The van der Waals surface area contributed by atoms with Crippen molar-refractivity contribution in [2.45, 2.75) is 27.0 Å². The molecule has 3 aromatic rings. The second-order valence-corrected chi connectivity index (χ2v) is 7.11. The zero-order valence-corrected chi connectivity index (χ0v) is 18.3. The van der Waals surface area contributed by atoms with Gasteiger partial charge in [0.2, 0.25) is 5.91 Å². The van der Waals surface area contributed by atoms with Crippen molar-refractivity contribution in [2.75, 3.05) is 12.4 Å². The van der Waals surface area contributed by atoms with E-state index in [0.29, 0.717) is 18.9 Å². The highest BCUT2D eigenvalue weighted by Gasteiger charge is 2.15. The topological polar surface area (TPSA) is 108 Å². The summed E-state index contributed by atoms with van der Waals surface area (Å²) < 4.78 is 12.8. The fourth-order valence-electron chi connectivity index (χ4n) is 3.01. The first-order valence-electron chi connectivity index (χ1n) is 10.1. The molecule has 0 saturated heterocycles. The molecule has 166 valence electrons. The van der Waals surface area contributed by atoms with Crippen molar-refractivity contribution in [1.82, 2.24) is 9.78 Å². The van der Waals surface area contributed by atoms with Gasteiger partial charge in [0.05, 0.1) is 12.8 Å². The van der Waals surface area contributed by atoms with Crippen LogP contribution in [0, 0.1) is 6.92 Å². The number of nitrogens with two attached hydrogens (primary N) is 1. The molecule has 0 saturated carbocycles. The normalized spacial score (nSPS) is 10.8. The molecule has 0 atom stereocenters. The molecule has 0 fully saturated rings. The number of rotatable bonds is 9. The molecule has 2 aromatic carbocycles. The molecule has 1 heterocycles. The summed E-state index contributed by atoms with van der Waals surface area (Å²) in [5.41, 5.74) is 8.43. The van der Waals surface area contributed by atoms with Gasteiger partial charge in [0.1, 0.15) is 18.1 Å². The van der Waals surface area contributed by atoms with E-state index in [4.69, 9.17) is 15.2 Å². The summed E-state index contributed by atoms with van der Waals surface area (Å²) in [6.07, 6.45) is 4.61. The van der Waals surface area contributed by atoms with Gasteiger partial charge in [-0.2, -0.15) is 5.10 Å². The molecule has 0 spiro atoms. The summed E-state index contributed by atoms with van der Waals surface area (Å²) in [4.78, 5) is 23.9. The van der Waals surface area contributed by atoms with Crippen molar-refractivity contribution in [3.05, 3.63) is 77.1 Å². The van der Waals surface area contributed by atoms with Crippen molar-refractivity contribution in [3.63, 3.8) is 0 Å². The number of primary amides is 1. The number of methoxy groups -OCH3 is 1. The quantitative estimate of drug-likeness (QED) is 0.501. The first-order chi connectivity index (χ1) is 15.4. The Morgan fingerprint density at radius 2 is 1.94 bits per heavy atom. The number of carbonyl (C=O) groups excluding carboxylic acids is 2.